The smallest absolute Gasteiger partial charge is 0.271 e. The van der Waals surface area contributed by atoms with Crippen molar-refractivity contribution in [3.05, 3.63) is 36.2 Å². The third-order valence-corrected chi connectivity index (χ3v) is 3.19. The Morgan fingerprint density at radius 2 is 2.00 bits per heavy atom. The Morgan fingerprint density at radius 1 is 1.28 bits per heavy atom. The number of nitrogens with zero attached hydrogens (tertiary/aromatic N) is 2. The summed E-state index contributed by atoms with van der Waals surface area (Å²) in [7, 11) is 0. The van der Waals surface area contributed by atoms with Gasteiger partial charge in [-0.25, -0.2) is 4.98 Å². The molecule has 5 nitrogen and oxygen atoms in total. The summed E-state index contributed by atoms with van der Waals surface area (Å²) >= 11 is 0. The lowest BCUT2D eigenvalue weighted by molar-refractivity contribution is 0.0905. The van der Waals surface area contributed by atoms with Crippen molar-refractivity contribution in [3.8, 4) is 0 Å². The highest BCUT2D eigenvalue weighted by atomic mass is 16.1. The summed E-state index contributed by atoms with van der Waals surface area (Å²) in [4.78, 5) is 20.5. The van der Waals surface area contributed by atoms with Gasteiger partial charge in [0.15, 0.2) is 0 Å². The Bertz CT molecular complexity index is 592. The number of carbonyl (C=O) groups is 1. The van der Waals surface area contributed by atoms with Crippen LogP contribution in [-0.2, 0) is 0 Å². The van der Waals surface area contributed by atoms with E-state index >= 15 is 0 Å². The van der Waals surface area contributed by atoms with Crippen molar-refractivity contribution in [2.24, 2.45) is 5.73 Å². The van der Waals surface area contributed by atoms with Crippen LogP contribution in [0.5, 0.6) is 0 Å². The molecule has 1 saturated carbocycles. The Labute approximate surface area is 104 Å². The number of nitrogens with one attached hydrogen (secondary N) is 1. The van der Waals surface area contributed by atoms with E-state index in [4.69, 9.17) is 5.73 Å². The van der Waals surface area contributed by atoms with Gasteiger partial charge < -0.3 is 11.1 Å². The largest absolute Gasteiger partial charge is 0.348 e. The molecule has 2 aromatic rings. The van der Waals surface area contributed by atoms with Gasteiger partial charge in [-0.05, 0) is 25.0 Å². The fourth-order valence-electron chi connectivity index (χ4n) is 2.11. The minimum Gasteiger partial charge on any atom is -0.348 e. The van der Waals surface area contributed by atoms with Crippen LogP contribution in [0.4, 0.5) is 0 Å². The Hall–Kier alpha value is -2.01. The number of carbonyl (C=O) groups excluding carboxylic acids is 1. The summed E-state index contributed by atoms with van der Waals surface area (Å²) in [5.41, 5.74) is 7.56. The van der Waals surface area contributed by atoms with Crippen LogP contribution in [0.25, 0.3) is 11.0 Å². The average Bonchev–Trinajstić information content (AvgIpc) is 2.36. The van der Waals surface area contributed by atoms with Crippen molar-refractivity contribution >= 4 is 16.9 Å². The number of hydrogen-bond donors (Lipinski definition) is 2. The number of hydrogen-bond acceptors (Lipinski definition) is 4. The molecular weight excluding hydrogens is 228 g/mol. The lowest BCUT2D eigenvalue weighted by atomic mass is 9.87. The van der Waals surface area contributed by atoms with Crippen LogP contribution >= 0.6 is 0 Å². The standard InChI is InChI=1S/C13H14N4O/c14-8-5-9(6-8)16-13(18)12-7-15-10-3-1-2-4-11(10)17-12/h1-4,7-9H,5-6,14H2,(H,16,18). The zero-order valence-corrected chi connectivity index (χ0v) is 9.84. The third-order valence-electron chi connectivity index (χ3n) is 3.19. The zero-order valence-electron chi connectivity index (χ0n) is 9.84. The van der Waals surface area contributed by atoms with Crippen molar-refractivity contribution in [2.45, 2.75) is 24.9 Å². The topological polar surface area (TPSA) is 80.9 Å². The summed E-state index contributed by atoms with van der Waals surface area (Å²) < 4.78 is 0. The Morgan fingerprint density at radius 3 is 2.72 bits per heavy atom. The molecule has 18 heavy (non-hydrogen) atoms. The summed E-state index contributed by atoms with van der Waals surface area (Å²) in [6.07, 6.45) is 3.19. The molecule has 5 heteroatoms. The maximum Gasteiger partial charge on any atom is 0.271 e. The van der Waals surface area contributed by atoms with Crippen molar-refractivity contribution < 1.29 is 4.79 Å². The van der Waals surface area contributed by atoms with Gasteiger partial charge in [-0.1, -0.05) is 12.1 Å². The number of aromatic nitrogens is 2. The van der Waals surface area contributed by atoms with Crippen LogP contribution in [-0.4, -0.2) is 28.0 Å². The number of nitrogens with two attached hydrogens (primary N) is 1. The van der Waals surface area contributed by atoms with Crippen LogP contribution in [0.15, 0.2) is 30.5 Å². The van der Waals surface area contributed by atoms with E-state index in [0.29, 0.717) is 5.69 Å². The molecule has 92 valence electrons. The molecule has 0 bridgehead atoms. The SMILES string of the molecule is NC1CC(NC(=O)c2cnc3ccccc3n2)C1. The maximum absolute atomic E-state index is 11.9. The molecule has 0 radical (unpaired) electrons. The first-order valence-corrected chi connectivity index (χ1v) is 6.00. The molecule has 0 spiro atoms. The lowest BCUT2D eigenvalue weighted by Crippen LogP contribution is -2.50. The molecule has 1 aliphatic carbocycles. The van der Waals surface area contributed by atoms with Crippen LogP contribution in [0.1, 0.15) is 23.3 Å². The minimum absolute atomic E-state index is 0.176. The van der Waals surface area contributed by atoms with Crippen LogP contribution in [0.2, 0.25) is 0 Å². The molecule has 0 aliphatic heterocycles. The first-order chi connectivity index (χ1) is 8.72. The van der Waals surface area contributed by atoms with Gasteiger partial charge in [-0.3, -0.25) is 9.78 Å². The van der Waals surface area contributed by atoms with Gasteiger partial charge in [0, 0.05) is 12.1 Å². The molecule has 1 fully saturated rings. The summed E-state index contributed by atoms with van der Waals surface area (Å²) in [6.45, 7) is 0. The van der Waals surface area contributed by atoms with Gasteiger partial charge in [0.05, 0.1) is 17.2 Å². The second-order valence-corrected chi connectivity index (χ2v) is 4.65. The second kappa shape index (κ2) is 4.34. The fourth-order valence-corrected chi connectivity index (χ4v) is 2.11. The highest BCUT2D eigenvalue weighted by Gasteiger charge is 2.27. The van der Waals surface area contributed by atoms with E-state index < -0.39 is 0 Å². The van der Waals surface area contributed by atoms with E-state index in [1.165, 1.54) is 6.20 Å². The van der Waals surface area contributed by atoms with Gasteiger partial charge in [0.1, 0.15) is 5.69 Å². The predicted molar refractivity (Wildman–Crippen MR) is 68.0 cm³/mol. The number of fused-ring (bicyclic) bond motifs is 1. The predicted octanol–water partition coefficient (Wildman–Crippen LogP) is 0.849. The molecule has 0 saturated heterocycles. The summed E-state index contributed by atoms with van der Waals surface area (Å²) in [5.74, 6) is -0.176. The molecule has 0 atom stereocenters. The van der Waals surface area contributed by atoms with Gasteiger partial charge in [0.2, 0.25) is 0 Å². The highest BCUT2D eigenvalue weighted by molar-refractivity contribution is 5.94. The Kier molecular flexibility index (Phi) is 2.68. The highest BCUT2D eigenvalue weighted by Crippen LogP contribution is 2.18. The minimum atomic E-state index is -0.176. The Balaban J connectivity index is 1.79. The van der Waals surface area contributed by atoms with Crippen molar-refractivity contribution in [2.75, 3.05) is 0 Å². The van der Waals surface area contributed by atoms with Gasteiger partial charge in [-0.15, -0.1) is 0 Å². The van der Waals surface area contributed by atoms with Gasteiger partial charge in [0.25, 0.3) is 5.91 Å². The molecule has 1 amide bonds. The molecular formula is C13H14N4O. The normalized spacial score (nSPS) is 22.5. The van der Waals surface area contributed by atoms with Crippen LogP contribution in [0.3, 0.4) is 0 Å². The molecule has 1 aliphatic rings. The molecule has 3 N–H and O–H groups in total. The number of para-hydroxylation sites is 2. The summed E-state index contributed by atoms with van der Waals surface area (Å²) in [5, 5.41) is 2.91. The van der Waals surface area contributed by atoms with Crippen LogP contribution < -0.4 is 11.1 Å². The monoisotopic (exact) mass is 242 g/mol. The van der Waals surface area contributed by atoms with Crippen molar-refractivity contribution in [1.29, 1.82) is 0 Å². The lowest BCUT2D eigenvalue weighted by Gasteiger charge is -2.32. The van der Waals surface area contributed by atoms with Crippen molar-refractivity contribution in [1.82, 2.24) is 15.3 Å². The van der Waals surface area contributed by atoms with E-state index in [9.17, 15) is 4.79 Å². The average molecular weight is 242 g/mol. The van der Waals surface area contributed by atoms with Crippen molar-refractivity contribution in [3.63, 3.8) is 0 Å². The van der Waals surface area contributed by atoms with E-state index in [1.54, 1.807) is 0 Å². The quantitative estimate of drug-likeness (QED) is 0.818. The first-order valence-electron chi connectivity index (χ1n) is 6.00. The van der Waals surface area contributed by atoms with E-state index in [2.05, 4.69) is 15.3 Å². The van der Waals surface area contributed by atoms with E-state index in [1.807, 2.05) is 24.3 Å². The second-order valence-electron chi connectivity index (χ2n) is 4.65. The van der Waals surface area contributed by atoms with Crippen LogP contribution in [0, 0.1) is 0 Å². The number of amides is 1. The molecule has 1 heterocycles. The maximum atomic E-state index is 11.9. The van der Waals surface area contributed by atoms with E-state index in [-0.39, 0.29) is 18.0 Å². The molecule has 1 aromatic carbocycles. The zero-order chi connectivity index (χ0) is 12.5. The van der Waals surface area contributed by atoms with Gasteiger partial charge >= 0.3 is 0 Å². The number of rotatable bonds is 2. The third kappa shape index (κ3) is 2.04. The number of benzene rings is 1. The fraction of sp³-hybridized carbons (Fsp3) is 0.308. The molecule has 3 rings (SSSR count). The summed E-state index contributed by atoms with van der Waals surface area (Å²) in [6, 6.07) is 7.89. The van der Waals surface area contributed by atoms with E-state index in [0.717, 1.165) is 23.9 Å². The molecule has 0 unspecified atom stereocenters. The molecule has 1 aromatic heterocycles. The first kappa shape index (κ1) is 11.1. The van der Waals surface area contributed by atoms with Gasteiger partial charge in [-0.2, -0.15) is 0 Å².